The van der Waals surface area contributed by atoms with Crippen LogP contribution in [0.3, 0.4) is 0 Å². The fraction of sp³-hybridized carbons (Fsp3) is 0.783. The number of aliphatic hydroxyl groups is 5. The van der Waals surface area contributed by atoms with Gasteiger partial charge in [0.25, 0.3) is 0 Å². The highest BCUT2D eigenvalue weighted by Gasteiger charge is 2.28. The van der Waals surface area contributed by atoms with E-state index >= 15 is 0 Å². The molecule has 0 aromatic rings. The number of allylic oxidation sites excluding steroid dienone is 5. The molecule has 0 aromatic heterocycles. The summed E-state index contributed by atoms with van der Waals surface area (Å²) in [6.45, 7) is 12.8. The van der Waals surface area contributed by atoms with E-state index in [1.807, 2.05) is 34.6 Å². The molecule has 0 aliphatic heterocycles. The summed E-state index contributed by atoms with van der Waals surface area (Å²) in [5.41, 5.74) is 6.93. The average Bonchev–Trinajstić information content (AvgIpc) is 3.23. The Morgan fingerprint density at radius 3 is 0.929 bits per heavy atom. The Morgan fingerprint density at radius 2 is 0.661 bits per heavy atom. The van der Waals surface area contributed by atoms with E-state index in [1.54, 1.807) is 28.4 Å². The molecule has 5 fully saturated rings. The summed E-state index contributed by atoms with van der Waals surface area (Å²) in [6.07, 6.45) is 23.4. The molecule has 5 saturated carbocycles. The molecule has 326 valence electrons. The van der Waals surface area contributed by atoms with E-state index in [0.29, 0.717) is 6.61 Å². The predicted octanol–water partition coefficient (Wildman–Crippen LogP) is 7.85. The van der Waals surface area contributed by atoms with Crippen LogP contribution in [-0.4, -0.2) is 122 Å². The van der Waals surface area contributed by atoms with Gasteiger partial charge in [-0.3, -0.25) is 0 Å². The zero-order valence-electron chi connectivity index (χ0n) is 36.8. The molecule has 0 radical (unpaired) electrons. The Kier molecular flexibility index (Phi) is 28.4. The van der Waals surface area contributed by atoms with Crippen molar-refractivity contribution in [2.75, 3.05) is 35.0 Å². The molecule has 0 heterocycles. The number of methoxy groups -OCH3 is 4. The molecule has 5 N–H and O–H groups in total. The fourth-order valence-electron chi connectivity index (χ4n) is 7.82. The van der Waals surface area contributed by atoms with Crippen LogP contribution in [0.2, 0.25) is 0 Å². The first-order valence-electron chi connectivity index (χ1n) is 21.2. The fourth-order valence-corrected chi connectivity index (χ4v) is 7.82. The lowest BCUT2D eigenvalue weighted by atomic mass is 9.90. The molecule has 10 heteroatoms. The summed E-state index contributed by atoms with van der Waals surface area (Å²) in [5, 5.41) is 47.4. The van der Waals surface area contributed by atoms with Crippen molar-refractivity contribution in [1.29, 1.82) is 0 Å². The predicted molar refractivity (Wildman–Crippen MR) is 227 cm³/mol. The van der Waals surface area contributed by atoms with Crippen LogP contribution in [0.4, 0.5) is 0 Å². The Bertz CT molecular complexity index is 1120. The van der Waals surface area contributed by atoms with Crippen LogP contribution in [0.5, 0.6) is 0 Å². The van der Waals surface area contributed by atoms with Crippen LogP contribution in [0.25, 0.3) is 0 Å². The molecular formula is C46H82O10. The van der Waals surface area contributed by atoms with Crippen molar-refractivity contribution >= 4 is 0 Å². The number of rotatable bonds is 6. The summed E-state index contributed by atoms with van der Waals surface area (Å²) in [7, 11) is 6.64. The highest BCUT2D eigenvalue weighted by molar-refractivity contribution is 5.10. The van der Waals surface area contributed by atoms with Crippen molar-refractivity contribution < 1.29 is 49.2 Å². The molecule has 5 aliphatic carbocycles. The van der Waals surface area contributed by atoms with Gasteiger partial charge in [0.15, 0.2) is 0 Å². The zero-order valence-corrected chi connectivity index (χ0v) is 36.8. The maximum Gasteiger partial charge on any atom is 0.0870 e. The minimum absolute atomic E-state index is 0.0231. The van der Waals surface area contributed by atoms with Crippen molar-refractivity contribution in [2.45, 2.75) is 199 Å². The molecule has 0 spiro atoms. The Morgan fingerprint density at radius 1 is 0.393 bits per heavy atom. The molecule has 56 heavy (non-hydrogen) atoms. The minimum Gasteiger partial charge on any atom is -0.390 e. The van der Waals surface area contributed by atoms with Gasteiger partial charge in [-0.25, -0.2) is 0 Å². The van der Waals surface area contributed by atoms with E-state index < -0.39 is 0 Å². The quantitative estimate of drug-likeness (QED) is 0.169. The highest BCUT2D eigenvalue weighted by Crippen LogP contribution is 2.29. The Balaban J connectivity index is 0.000000350. The zero-order chi connectivity index (χ0) is 42.0. The van der Waals surface area contributed by atoms with Gasteiger partial charge < -0.3 is 49.2 Å². The lowest BCUT2D eigenvalue weighted by Crippen LogP contribution is -2.33. The van der Waals surface area contributed by atoms with Gasteiger partial charge in [0.2, 0.25) is 0 Å². The topological polar surface area (TPSA) is 147 Å². The van der Waals surface area contributed by atoms with Gasteiger partial charge in [-0.2, -0.15) is 0 Å². The molecular weight excluding hydrogens is 712 g/mol. The van der Waals surface area contributed by atoms with Gasteiger partial charge >= 0.3 is 0 Å². The number of hydrogen-bond acceptors (Lipinski definition) is 10. The number of hydrogen-bond donors (Lipinski definition) is 5. The van der Waals surface area contributed by atoms with Crippen LogP contribution in [0.1, 0.15) is 138 Å². The molecule has 0 aromatic carbocycles. The third kappa shape index (κ3) is 19.4. The van der Waals surface area contributed by atoms with Crippen LogP contribution in [-0.2, 0) is 23.7 Å². The lowest BCUT2D eigenvalue weighted by molar-refractivity contribution is -0.0437. The van der Waals surface area contributed by atoms with Crippen molar-refractivity contribution in [3.8, 4) is 0 Å². The minimum atomic E-state index is -0.292. The van der Waals surface area contributed by atoms with E-state index in [0.717, 1.165) is 96.3 Å². The number of ether oxygens (including phenoxy) is 5. The first-order chi connectivity index (χ1) is 26.9. The van der Waals surface area contributed by atoms with Gasteiger partial charge in [0.1, 0.15) is 0 Å². The maximum absolute atomic E-state index is 9.56. The first kappa shape index (κ1) is 52.3. The van der Waals surface area contributed by atoms with E-state index in [4.69, 9.17) is 23.7 Å². The van der Waals surface area contributed by atoms with Crippen molar-refractivity contribution in [3.63, 3.8) is 0 Å². The van der Waals surface area contributed by atoms with Crippen molar-refractivity contribution in [1.82, 2.24) is 0 Å². The number of aliphatic hydroxyl groups excluding tert-OH is 5. The van der Waals surface area contributed by atoms with Crippen LogP contribution >= 0.6 is 0 Å². The molecule has 10 atom stereocenters. The van der Waals surface area contributed by atoms with E-state index in [2.05, 4.69) is 37.3 Å². The molecule has 5 aliphatic rings. The second-order valence-corrected chi connectivity index (χ2v) is 15.4. The normalized spacial score (nSPS) is 35.7. The molecule has 5 rings (SSSR count). The molecule has 0 amide bonds. The summed E-state index contributed by atoms with van der Waals surface area (Å²) in [5.74, 6) is 0. The third-order valence-corrected chi connectivity index (χ3v) is 11.9. The van der Waals surface area contributed by atoms with Crippen LogP contribution < -0.4 is 0 Å². The maximum atomic E-state index is 9.56. The van der Waals surface area contributed by atoms with Crippen molar-refractivity contribution in [3.05, 3.63) is 58.2 Å². The van der Waals surface area contributed by atoms with E-state index in [-0.39, 0.29) is 61.0 Å². The highest BCUT2D eigenvalue weighted by atomic mass is 16.5. The van der Waals surface area contributed by atoms with Gasteiger partial charge in [-0.05, 0) is 138 Å². The Hall–Kier alpha value is -1.70. The standard InChI is InChI=1S/C10H18O2.4C9H16O2/c1-3-8-5-6-9(11)10(7-8)12-4-2;2*1-3-7-4-5-9(11-2)8(10)6-7;2*1-3-7-4-5-8(10)9(6-7)11-2/h3,9-11H,4-7H2,1-2H3;4*3,8-10H,4-6H2,1-2H3/b8-3+;7-3+;7-3-;7-3+;7-3-. The van der Waals surface area contributed by atoms with Gasteiger partial charge in [-0.15, -0.1) is 0 Å². The molecule has 0 bridgehead atoms. The van der Waals surface area contributed by atoms with Gasteiger partial charge in [0, 0.05) is 35.0 Å². The van der Waals surface area contributed by atoms with E-state index in [1.165, 1.54) is 27.9 Å². The molecule has 10 unspecified atom stereocenters. The van der Waals surface area contributed by atoms with Crippen LogP contribution in [0, 0.1) is 0 Å². The average molecular weight is 795 g/mol. The molecule has 10 nitrogen and oxygen atoms in total. The van der Waals surface area contributed by atoms with Gasteiger partial charge in [-0.1, -0.05) is 58.2 Å². The summed E-state index contributed by atoms with van der Waals surface area (Å²) >= 11 is 0. The lowest BCUT2D eigenvalue weighted by Gasteiger charge is -2.29. The smallest absolute Gasteiger partial charge is 0.0870 e. The van der Waals surface area contributed by atoms with Crippen molar-refractivity contribution in [2.24, 2.45) is 0 Å². The largest absolute Gasteiger partial charge is 0.390 e. The third-order valence-electron chi connectivity index (χ3n) is 11.9. The SMILES string of the molecule is C/C=C1/CCC(O)C(OC)C1.C/C=C1/CCC(OC)C(O)C1.C/C=C1\CCC(O)C(OC)C1.C/C=C1\CCC(O)C(OCC)C1.C/C=C1\CCC(OC)C(O)C1. The van der Waals surface area contributed by atoms with Crippen LogP contribution in [0.15, 0.2) is 58.2 Å². The summed E-state index contributed by atoms with van der Waals surface area (Å²) in [4.78, 5) is 0. The monoisotopic (exact) mass is 795 g/mol. The second-order valence-electron chi connectivity index (χ2n) is 15.4. The first-order valence-corrected chi connectivity index (χ1v) is 21.2. The Labute approximate surface area is 340 Å². The van der Waals surface area contributed by atoms with E-state index in [9.17, 15) is 25.5 Å². The molecule has 0 saturated heterocycles. The van der Waals surface area contributed by atoms with Gasteiger partial charge in [0.05, 0.1) is 61.0 Å². The summed E-state index contributed by atoms with van der Waals surface area (Å²) in [6, 6.07) is 0. The summed E-state index contributed by atoms with van der Waals surface area (Å²) < 4.78 is 26.0. The second kappa shape index (κ2) is 30.4.